The number of hydrogen-bond donors (Lipinski definition) is 2. The second kappa shape index (κ2) is 9.28. The molecule has 0 saturated heterocycles. The zero-order valence-electron chi connectivity index (χ0n) is 16.5. The number of nitrogens with zero attached hydrogens (tertiary/aromatic N) is 2. The Morgan fingerprint density at radius 2 is 1.83 bits per heavy atom. The monoisotopic (exact) mass is 421 g/mol. The van der Waals surface area contributed by atoms with Gasteiger partial charge in [-0.1, -0.05) is 6.07 Å². The maximum Gasteiger partial charge on any atom is 0.263 e. The number of phenols is 1. The third-order valence-corrected chi connectivity index (χ3v) is 5.29. The van der Waals surface area contributed by atoms with Crippen molar-refractivity contribution in [1.29, 1.82) is 0 Å². The van der Waals surface area contributed by atoms with Crippen LogP contribution in [0.1, 0.15) is 12.5 Å². The Morgan fingerprint density at radius 1 is 1.17 bits per heavy atom. The van der Waals surface area contributed by atoms with E-state index in [1.54, 1.807) is 42.5 Å². The molecule has 2 aromatic rings. The summed E-state index contributed by atoms with van der Waals surface area (Å²) in [5.74, 6) is 0.0420. The van der Waals surface area contributed by atoms with E-state index in [0.29, 0.717) is 17.0 Å². The molecule has 9 nitrogen and oxygen atoms in total. The molecule has 2 aromatic carbocycles. The van der Waals surface area contributed by atoms with E-state index in [9.17, 15) is 18.3 Å². The Hall–Kier alpha value is -3.27. The molecule has 0 radical (unpaired) electrons. The van der Waals surface area contributed by atoms with Crippen LogP contribution in [0.15, 0.2) is 47.6 Å². The Balaban J connectivity index is 2.19. The zero-order valence-corrected chi connectivity index (χ0v) is 17.3. The molecule has 2 N–H and O–H groups in total. The van der Waals surface area contributed by atoms with Crippen molar-refractivity contribution in [1.82, 2.24) is 5.43 Å². The number of anilines is 1. The van der Waals surface area contributed by atoms with E-state index in [-0.39, 0.29) is 11.5 Å². The van der Waals surface area contributed by atoms with E-state index in [0.717, 1.165) is 10.6 Å². The van der Waals surface area contributed by atoms with Gasteiger partial charge in [0.2, 0.25) is 10.0 Å². The van der Waals surface area contributed by atoms with Gasteiger partial charge in [-0.2, -0.15) is 5.10 Å². The molecule has 10 heteroatoms. The molecule has 0 bridgehead atoms. The maximum atomic E-state index is 12.5. The average Bonchev–Trinajstić information content (AvgIpc) is 2.68. The average molecular weight is 421 g/mol. The number of hydrazone groups is 1. The number of para-hydroxylation sites is 1. The topological polar surface area (TPSA) is 118 Å². The van der Waals surface area contributed by atoms with Gasteiger partial charge in [-0.3, -0.25) is 9.10 Å². The first-order valence-electron chi connectivity index (χ1n) is 8.51. The van der Waals surface area contributed by atoms with Gasteiger partial charge in [-0.15, -0.1) is 0 Å². The Labute approximate surface area is 169 Å². The summed E-state index contributed by atoms with van der Waals surface area (Å²) in [5, 5.41) is 13.8. The van der Waals surface area contributed by atoms with E-state index in [4.69, 9.17) is 9.47 Å². The van der Waals surface area contributed by atoms with Gasteiger partial charge in [0, 0.05) is 5.56 Å². The highest BCUT2D eigenvalue weighted by Crippen LogP contribution is 2.28. The van der Waals surface area contributed by atoms with Crippen molar-refractivity contribution in [2.45, 2.75) is 13.0 Å². The number of methoxy groups -OCH3 is 2. The van der Waals surface area contributed by atoms with Gasteiger partial charge in [-0.25, -0.2) is 13.8 Å². The number of amides is 1. The van der Waals surface area contributed by atoms with Crippen LogP contribution < -0.4 is 19.2 Å². The summed E-state index contributed by atoms with van der Waals surface area (Å²) in [7, 11) is -0.839. The molecule has 0 spiro atoms. The lowest BCUT2D eigenvalue weighted by Gasteiger charge is -2.27. The van der Waals surface area contributed by atoms with Crippen LogP contribution in [0.3, 0.4) is 0 Å². The summed E-state index contributed by atoms with van der Waals surface area (Å²) < 4.78 is 35.6. The molecular formula is C19H23N3O6S. The highest BCUT2D eigenvalue weighted by Gasteiger charge is 2.29. The summed E-state index contributed by atoms with van der Waals surface area (Å²) in [5.41, 5.74) is 2.93. The van der Waals surface area contributed by atoms with Crippen molar-refractivity contribution in [3.63, 3.8) is 0 Å². The molecule has 2 rings (SSSR count). The zero-order chi connectivity index (χ0) is 21.6. The van der Waals surface area contributed by atoms with Crippen LogP contribution in [0.25, 0.3) is 0 Å². The lowest BCUT2D eigenvalue weighted by Crippen LogP contribution is -2.46. The number of rotatable bonds is 8. The van der Waals surface area contributed by atoms with Crippen LogP contribution in [0.5, 0.6) is 17.2 Å². The van der Waals surface area contributed by atoms with Gasteiger partial charge in [0.05, 0.1) is 32.4 Å². The van der Waals surface area contributed by atoms with E-state index >= 15 is 0 Å². The standard InChI is InChI=1S/C19H23N3O6S/c1-13(22(29(4,25)26)15-8-10-16(27-2)11-9-15)19(24)21-20-12-14-6-5-7-17(28-3)18(14)23/h5-13,23H,1-4H3,(H,21,24)/b20-12+. The third-order valence-electron chi connectivity index (χ3n) is 4.04. The minimum Gasteiger partial charge on any atom is -0.504 e. The number of sulfonamides is 1. The molecule has 1 unspecified atom stereocenters. The van der Waals surface area contributed by atoms with E-state index in [1.165, 1.54) is 27.4 Å². The molecule has 0 heterocycles. The number of carbonyl (C=O) groups excluding carboxylic acids is 1. The fourth-order valence-electron chi connectivity index (χ4n) is 2.60. The summed E-state index contributed by atoms with van der Waals surface area (Å²) in [6, 6.07) is 10.0. The largest absolute Gasteiger partial charge is 0.504 e. The predicted molar refractivity (Wildman–Crippen MR) is 110 cm³/mol. The molecular weight excluding hydrogens is 398 g/mol. The highest BCUT2D eigenvalue weighted by atomic mass is 32.2. The number of aromatic hydroxyl groups is 1. The normalized spacial score (nSPS) is 12.4. The Morgan fingerprint density at radius 3 is 2.38 bits per heavy atom. The van der Waals surface area contributed by atoms with E-state index < -0.39 is 22.0 Å². The molecule has 1 atom stereocenters. The number of nitrogens with one attached hydrogen (secondary N) is 1. The first-order chi connectivity index (χ1) is 13.7. The second-order valence-corrected chi connectivity index (χ2v) is 7.92. The summed E-state index contributed by atoms with van der Waals surface area (Å²) in [6.07, 6.45) is 2.25. The van der Waals surface area contributed by atoms with E-state index in [1.807, 2.05) is 0 Å². The van der Waals surface area contributed by atoms with Gasteiger partial charge >= 0.3 is 0 Å². The molecule has 0 fully saturated rings. The molecule has 156 valence electrons. The van der Waals surface area contributed by atoms with Gasteiger partial charge in [-0.05, 0) is 43.3 Å². The number of phenolic OH excluding ortho intramolecular Hbond substituents is 1. The maximum absolute atomic E-state index is 12.5. The molecule has 29 heavy (non-hydrogen) atoms. The Kier molecular flexibility index (Phi) is 7.05. The number of benzene rings is 2. The third kappa shape index (κ3) is 5.38. The number of ether oxygens (including phenoxy) is 2. The smallest absolute Gasteiger partial charge is 0.263 e. The number of hydrogen-bond acceptors (Lipinski definition) is 7. The van der Waals surface area contributed by atoms with Gasteiger partial charge < -0.3 is 14.6 Å². The van der Waals surface area contributed by atoms with Gasteiger partial charge in [0.15, 0.2) is 11.5 Å². The highest BCUT2D eigenvalue weighted by molar-refractivity contribution is 7.92. The molecule has 0 aliphatic carbocycles. The first-order valence-corrected chi connectivity index (χ1v) is 10.4. The van der Waals surface area contributed by atoms with Crippen LogP contribution in [-0.2, 0) is 14.8 Å². The van der Waals surface area contributed by atoms with Gasteiger partial charge in [0.25, 0.3) is 5.91 Å². The van der Waals surface area contributed by atoms with Crippen molar-refractivity contribution in [2.75, 3.05) is 24.8 Å². The summed E-state index contributed by atoms with van der Waals surface area (Å²) in [4.78, 5) is 12.5. The van der Waals surface area contributed by atoms with Crippen LogP contribution in [0.4, 0.5) is 5.69 Å². The second-order valence-electron chi connectivity index (χ2n) is 6.07. The summed E-state index contributed by atoms with van der Waals surface area (Å²) in [6.45, 7) is 1.44. The minimum atomic E-state index is -3.75. The van der Waals surface area contributed by atoms with Crippen LogP contribution in [0.2, 0.25) is 0 Å². The molecule has 1 amide bonds. The van der Waals surface area contributed by atoms with E-state index in [2.05, 4.69) is 10.5 Å². The molecule has 0 aliphatic heterocycles. The van der Waals surface area contributed by atoms with Crippen molar-refractivity contribution < 1.29 is 27.8 Å². The Bertz CT molecular complexity index is 990. The lowest BCUT2D eigenvalue weighted by atomic mass is 10.2. The molecule has 0 saturated carbocycles. The van der Waals surface area contributed by atoms with Gasteiger partial charge in [0.1, 0.15) is 11.8 Å². The minimum absolute atomic E-state index is 0.128. The molecule has 0 aromatic heterocycles. The number of carbonyl (C=O) groups is 1. The van der Waals surface area contributed by atoms with Crippen LogP contribution in [-0.4, -0.2) is 52.2 Å². The SMILES string of the molecule is COc1ccc(N(C(C)C(=O)N/N=C/c2cccc(OC)c2O)S(C)(=O)=O)cc1. The fraction of sp³-hybridized carbons (Fsp3) is 0.263. The van der Waals surface area contributed by atoms with Crippen molar-refractivity contribution in [3.05, 3.63) is 48.0 Å². The predicted octanol–water partition coefficient (Wildman–Crippen LogP) is 1.71. The van der Waals surface area contributed by atoms with Crippen molar-refractivity contribution in [2.24, 2.45) is 5.10 Å². The fourth-order valence-corrected chi connectivity index (χ4v) is 3.78. The van der Waals surface area contributed by atoms with Crippen LogP contribution in [0, 0.1) is 0 Å². The first kappa shape index (κ1) is 22.0. The molecule has 0 aliphatic rings. The van der Waals surface area contributed by atoms with Crippen molar-refractivity contribution >= 4 is 27.8 Å². The quantitative estimate of drug-likeness (QED) is 0.495. The van der Waals surface area contributed by atoms with Crippen molar-refractivity contribution in [3.8, 4) is 17.2 Å². The summed E-state index contributed by atoms with van der Waals surface area (Å²) >= 11 is 0. The lowest BCUT2D eigenvalue weighted by molar-refractivity contribution is -0.121. The van der Waals surface area contributed by atoms with Crippen LogP contribution >= 0.6 is 0 Å².